The van der Waals surface area contributed by atoms with Gasteiger partial charge in [-0.3, -0.25) is 9.89 Å². The van der Waals surface area contributed by atoms with Crippen LogP contribution in [0.1, 0.15) is 50.1 Å². The first kappa shape index (κ1) is 25.2. The summed E-state index contributed by atoms with van der Waals surface area (Å²) < 4.78 is 11.0. The van der Waals surface area contributed by atoms with Crippen LogP contribution in [0.25, 0.3) is 0 Å². The zero-order chi connectivity index (χ0) is 20.5. The molecule has 3 rings (SSSR count). The third-order valence-corrected chi connectivity index (χ3v) is 6.65. The van der Waals surface area contributed by atoms with Crippen LogP contribution in [-0.4, -0.2) is 64.9 Å². The Morgan fingerprint density at radius 2 is 1.87 bits per heavy atom. The predicted octanol–water partition coefficient (Wildman–Crippen LogP) is 3.82. The minimum Gasteiger partial charge on any atom is -0.496 e. The summed E-state index contributed by atoms with van der Waals surface area (Å²) in [7, 11) is 5.40. The molecule has 7 heteroatoms. The number of rotatable bonds is 10. The molecule has 30 heavy (non-hydrogen) atoms. The van der Waals surface area contributed by atoms with E-state index in [0.29, 0.717) is 5.41 Å². The predicted molar refractivity (Wildman–Crippen MR) is 134 cm³/mol. The summed E-state index contributed by atoms with van der Waals surface area (Å²) in [6.45, 7) is 4.87. The topological polar surface area (TPSA) is 58.1 Å². The van der Waals surface area contributed by atoms with Gasteiger partial charge in [0.05, 0.1) is 13.2 Å². The van der Waals surface area contributed by atoms with Gasteiger partial charge in [0.15, 0.2) is 5.96 Å². The fourth-order valence-electron chi connectivity index (χ4n) is 4.63. The number of halogens is 1. The Labute approximate surface area is 199 Å². The summed E-state index contributed by atoms with van der Waals surface area (Å²) in [4.78, 5) is 7.04. The van der Waals surface area contributed by atoms with Crippen LogP contribution >= 0.6 is 24.0 Å². The fraction of sp³-hybridized carbons (Fsp3) is 0.696. The Balaban J connectivity index is 0.00000320. The largest absolute Gasteiger partial charge is 0.496 e. The number of methoxy groups -OCH3 is 2. The molecule has 1 saturated heterocycles. The van der Waals surface area contributed by atoms with Gasteiger partial charge >= 0.3 is 0 Å². The van der Waals surface area contributed by atoms with Crippen LogP contribution in [-0.2, 0) is 4.74 Å². The molecule has 0 bridgehead atoms. The zero-order valence-corrected chi connectivity index (χ0v) is 21.1. The number of nitrogens with zero attached hydrogens (tertiary/aromatic N) is 2. The summed E-state index contributed by atoms with van der Waals surface area (Å²) in [6.07, 6.45) is 7.52. The smallest absolute Gasteiger partial charge is 0.191 e. The van der Waals surface area contributed by atoms with E-state index in [1.54, 1.807) is 14.2 Å². The van der Waals surface area contributed by atoms with Crippen LogP contribution in [0.5, 0.6) is 5.75 Å². The van der Waals surface area contributed by atoms with Crippen molar-refractivity contribution in [3.8, 4) is 5.75 Å². The molecule has 2 N–H and O–H groups in total. The lowest BCUT2D eigenvalue weighted by Gasteiger charge is -2.42. The number of para-hydroxylation sites is 1. The van der Waals surface area contributed by atoms with E-state index in [-0.39, 0.29) is 30.0 Å². The first-order valence-electron chi connectivity index (χ1n) is 11.0. The van der Waals surface area contributed by atoms with E-state index in [9.17, 15) is 0 Å². The molecular formula is C23H39IN4O2. The van der Waals surface area contributed by atoms with Crippen molar-refractivity contribution in [2.45, 2.75) is 44.6 Å². The maximum Gasteiger partial charge on any atom is 0.191 e. The lowest BCUT2D eigenvalue weighted by molar-refractivity contribution is 0.0732. The van der Waals surface area contributed by atoms with Gasteiger partial charge in [-0.2, -0.15) is 0 Å². The fourth-order valence-corrected chi connectivity index (χ4v) is 4.63. The highest BCUT2D eigenvalue weighted by molar-refractivity contribution is 14.0. The van der Waals surface area contributed by atoms with Gasteiger partial charge in [-0.05, 0) is 56.7 Å². The van der Waals surface area contributed by atoms with Crippen molar-refractivity contribution in [1.82, 2.24) is 15.5 Å². The number of nitrogens with one attached hydrogen (secondary N) is 2. The first-order chi connectivity index (χ1) is 14.2. The van der Waals surface area contributed by atoms with Crippen molar-refractivity contribution < 1.29 is 9.47 Å². The molecule has 1 saturated carbocycles. The Hall–Kier alpha value is -1.06. The molecule has 2 aliphatic rings. The molecule has 1 aromatic rings. The quantitative estimate of drug-likeness (QED) is 0.274. The van der Waals surface area contributed by atoms with E-state index in [1.807, 2.05) is 13.1 Å². The molecule has 0 amide bonds. The molecule has 1 atom stereocenters. The number of guanidine groups is 1. The summed E-state index contributed by atoms with van der Waals surface area (Å²) >= 11 is 0. The lowest BCUT2D eigenvalue weighted by Crippen LogP contribution is -2.48. The molecule has 0 aromatic heterocycles. The van der Waals surface area contributed by atoms with Crippen LogP contribution in [0, 0.1) is 5.41 Å². The summed E-state index contributed by atoms with van der Waals surface area (Å²) in [6, 6.07) is 8.66. The third-order valence-electron chi connectivity index (χ3n) is 6.65. The second-order valence-electron chi connectivity index (χ2n) is 8.40. The normalized spacial score (nSPS) is 19.5. The molecule has 1 aliphatic heterocycles. The van der Waals surface area contributed by atoms with E-state index < -0.39 is 0 Å². The van der Waals surface area contributed by atoms with Crippen LogP contribution in [0.3, 0.4) is 0 Å². The number of aliphatic imine (C=N–C) groups is 1. The molecule has 0 spiro atoms. The molecule has 6 nitrogen and oxygen atoms in total. The third kappa shape index (κ3) is 6.47. The molecule has 1 aliphatic carbocycles. The van der Waals surface area contributed by atoms with Crippen molar-refractivity contribution in [3.63, 3.8) is 0 Å². The minimum atomic E-state index is 0. The van der Waals surface area contributed by atoms with Gasteiger partial charge in [0, 0.05) is 39.4 Å². The molecule has 2 fully saturated rings. The first-order valence-corrected chi connectivity index (χ1v) is 11.0. The Bertz CT molecular complexity index is 660. The van der Waals surface area contributed by atoms with Crippen LogP contribution in [0.15, 0.2) is 29.3 Å². The molecule has 1 unspecified atom stereocenters. The average molecular weight is 530 g/mol. The van der Waals surface area contributed by atoms with E-state index >= 15 is 0 Å². The van der Waals surface area contributed by atoms with Crippen molar-refractivity contribution in [3.05, 3.63) is 29.8 Å². The van der Waals surface area contributed by atoms with Crippen molar-refractivity contribution in [2.24, 2.45) is 10.4 Å². The van der Waals surface area contributed by atoms with E-state index in [2.05, 4.69) is 38.7 Å². The van der Waals surface area contributed by atoms with Gasteiger partial charge in [0.2, 0.25) is 0 Å². The summed E-state index contributed by atoms with van der Waals surface area (Å²) in [5, 5.41) is 7.16. The van der Waals surface area contributed by atoms with Gasteiger partial charge in [0.25, 0.3) is 0 Å². The second-order valence-corrected chi connectivity index (χ2v) is 8.40. The van der Waals surface area contributed by atoms with Crippen LogP contribution in [0.4, 0.5) is 0 Å². The number of hydrogen-bond acceptors (Lipinski definition) is 4. The second kappa shape index (κ2) is 12.7. The van der Waals surface area contributed by atoms with Crippen molar-refractivity contribution >= 4 is 29.9 Å². The van der Waals surface area contributed by atoms with E-state index in [0.717, 1.165) is 50.9 Å². The van der Waals surface area contributed by atoms with Crippen LogP contribution in [0.2, 0.25) is 0 Å². The Morgan fingerprint density at radius 1 is 1.13 bits per heavy atom. The number of likely N-dealkylation sites (tertiary alicyclic amines) is 1. The van der Waals surface area contributed by atoms with Crippen molar-refractivity contribution in [2.75, 3.05) is 54.1 Å². The molecule has 1 heterocycles. The highest BCUT2D eigenvalue weighted by Crippen LogP contribution is 2.43. The van der Waals surface area contributed by atoms with E-state index in [1.165, 1.54) is 37.7 Å². The number of hydrogen-bond donors (Lipinski definition) is 2. The number of ether oxygens (including phenoxy) is 2. The summed E-state index contributed by atoms with van der Waals surface area (Å²) in [5.41, 5.74) is 1.61. The highest BCUT2D eigenvalue weighted by Gasteiger charge is 2.36. The highest BCUT2D eigenvalue weighted by atomic mass is 127. The van der Waals surface area contributed by atoms with Crippen LogP contribution < -0.4 is 15.4 Å². The maximum atomic E-state index is 5.66. The molecular weight excluding hydrogens is 491 g/mol. The van der Waals surface area contributed by atoms with Gasteiger partial charge in [0.1, 0.15) is 5.75 Å². The van der Waals surface area contributed by atoms with Gasteiger partial charge < -0.3 is 20.1 Å². The lowest BCUT2D eigenvalue weighted by atomic mass is 9.67. The molecule has 170 valence electrons. The maximum absolute atomic E-state index is 5.66. The SMILES string of the molecule is CN=C(NCC(c1ccccc1OC)N1CCCC1)NCC1(CCOC)CCC1.I. The number of benzene rings is 1. The Morgan fingerprint density at radius 3 is 2.47 bits per heavy atom. The summed E-state index contributed by atoms with van der Waals surface area (Å²) in [5.74, 6) is 1.84. The monoisotopic (exact) mass is 530 g/mol. The molecule has 0 radical (unpaired) electrons. The average Bonchev–Trinajstić information content (AvgIpc) is 3.26. The Kier molecular flexibility index (Phi) is 10.7. The van der Waals surface area contributed by atoms with E-state index in [4.69, 9.17) is 9.47 Å². The standard InChI is InChI=1S/C23H38N4O2.HI/c1-24-22(26-18-23(11-8-12-23)13-16-28-2)25-17-20(27-14-6-7-15-27)19-9-4-5-10-21(19)29-3;/h4-5,9-10,20H,6-8,11-18H2,1-3H3,(H2,24,25,26);1H. The molecule has 1 aromatic carbocycles. The van der Waals surface area contributed by atoms with Crippen molar-refractivity contribution in [1.29, 1.82) is 0 Å². The van der Waals surface area contributed by atoms with Gasteiger partial charge in [-0.1, -0.05) is 24.6 Å². The van der Waals surface area contributed by atoms with Gasteiger partial charge in [-0.25, -0.2) is 0 Å². The minimum absolute atomic E-state index is 0. The zero-order valence-electron chi connectivity index (χ0n) is 18.8. The van der Waals surface area contributed by atoms with Gasteiger partial charge in [-0.15, -0.1) is 24.0 Å².